The molecule has 0 aromatic rings. The largest absolute Gasteiger partial charge is 0.330 e. The van der Waals surface area contributed by atoms with E-state index in [1.807, 2.05) is 0 Å². The van der Waals surface area contributed by atoms with Gasteiger partial charge >= 0.3 is 42.1 Å². The molecule has 0 aliphatic heterocycles. The van der Waals surface area contributed by atoms with Crippen molar-refractivity contribution in [2.24, 2.45) is 5.73 Å². The molecular formula is C4H11Br2IN-. The van der Waals surface area contributed by atoms with Crippen molar-refractivity contribution < 1.29 is 16.8 Å². The minimum atomic E-state index is 0.215. The fraction of sp³-hybridized carbons (Fsp3) is 1.00. The van der Waals surface area contributed by atoms with E-state index in [0.29, 0.717) is 0 Å². The van der Waals surface area contributed by atoms with Crippen LogP contribution in [-0.2, 0) is 0 Å². The molecule has 0 aromatic carbocycles. The molecule has 0 atom stereocenters. The summed E-state index contributed by atoms with van der Waals surface area (Å²) in [7, 11) is 0. The van der Waals surface area contributed by atoms with Gasteiger partial charge in [-0.1, -0.05) is 13.3 Å². The van der Waals surface area contributed by atoms with Crippen LogP contribution in [-0.4, -0.2) is 6.54 Å². The van der Waals surface area contributed by atoms with E-state index in [9.17, 15) is 0 Å². The Kier molecular flexibility index (Phi) is 24.5. The van der Waals surface area contributed by atoms with Gasteiger partial charge in [-0.15, -0.1) is 0 Å². The molecule has 54 valence electrons. The molecule has 0 heterocycles. The average Bonchev–Trinajstić information content (AvgIpc) is 1.71. The molecule has 0 amide bonds. The van der Waals surface area contributed by atoms with Gasteiger partial charge in [0.25, 0.3) is 0 Å². The maximum Gasteiger partial charge on any atom is -0.00774 e. The smallest absolute Gasteiger partial charge is 0.00774 e. The molecule has 0 rings (SSSR count). The van der Waals surface area contributed by atoms with Gasteiger partial charge in [-0.2, -0.15) is 0 Å². The first-order chi connectivity index (χ1) is 3.83. The average molecular weight is 360 g/mol. The van der Waals surface area contributed by atoms with Crippen LogP contribution in [0.15, 0.2) is 0 Å². The van der Waals surface area contributed by atoms with Crippen molar-refractivity contribution in [2.75, 3.05) is 6.54 Å². The third kappa shape index (κ3) is 25.4. The van der Waals surface area contributed by atoms with Crippen LogP contribution in [0.1, 0.15) is 19.8 Å². The number of rotatable bonds is 2. The molecule has 0 aliphatic carbocycles. The van der Waals surface area contributed by atoms with Crippen LogP contribution < -0.4 is 22.5 Å². The Morgan fingerprint density at radius 1 is 1.50 bits per heavy atom. The van der Waals surface area contributed by atoms with Gasteiger partial charge in [0.1, 0.15) is 0 Å². The Morgan fingerprint density at radius 3 is 1.88 bits per heavy atom. The maximum absolute atomic E-state index is 5.14. The van der Waals surface area contributed by atoms with Crippen molar-refractivity contribution >= 4 is 25.4 Å². The second-order valence-corrected chi connectivity index (χ2v) is 10.9. The van der Waals surface area contributed by atoms with E-state index in [4.69, 9.17) is 5.73 Å². The second kappa shape index (κ2) is 15.9. The van der Waals surface area contributed by atoms with E-state index in [0.717, 1.165) is 6.54 Å². The fourth-order valence-electron chi connectivity index (χ4n) is 0.204. The van der Waals surface area contributed by atoms with Crippen molar-refractivity contribution in [1.82, 2.24) is 0 Å². The zero-order valence-electron chi connectivity index (χ0n) is 4.83. The number of nitrogens with two attached hydrogens (primary N) is 1. The molecule has 0 unspecified atom stereocenters. The van der Waals surface area contributed by atoms with Gasteiger partial charge in [0.15, 0.2) is 0 Å². The van der Waals surface area contributed by atoms with Crippen LogP contribution >= 0.6 is 25.4 Å². The van der Waals surface area contributed by atoms with Crippen molar-refractivity contribution in [3.8, 4) is 0 Å². The fourth-order valence-corrected chi connectivity index (χ4v) is 0.204. The maximum atomic E-state index is 5.14. The SMILES string of the molecule is Br[I-]Br.CCCCN. The van der Waals surface area contributed by atoms with E-state index < -0.39 is 0 Å². The summed E-state index contributed by atoms with van der Waals surface area (Å²) in [5.41, 5.74) is 5.14. The van der Waals surface area contributed by atoms with Crippen LogP contribution in [0.3, 0.4) is 0 Å². The van der Waals surface area contributed by atoms with Gasteiger partial charge in [0.05, 0.1) is 0 Å². The van der Waals surface area contributed by atoms with Gasteiger partial charge in [0.2, 0.25) is 0 Å². The summed E-state index contributed by atoms with van der Waals surface area (Å²) in [5.74, 6) is 0. The first-order valence-electron chi connectivity index (χ1n) is 2.40. The molecule has 0 saturated carbocycles. The van der Waals surface area contributed by atoms with E-state index >= 15 is 0 Å². The van der Waals surface area contributed by atoms with E-state index in [-0.39, 0.29) is 16.8 Å². The molecule has 0 saturated heterocycles. The van der Waals surface area contributed by atoms with Gasteiger partial charge in [-0.3, -0.25) is 0 Å². The number of halogens is 3. The number of hydrogen-bond donors (Lipinski definition) is 1. The summed E-state index contributed by atoms with van der Waals surface area (Å²) >= 11 is 6.56. The molecule has 1 nitrogen and oxygen atoms in total. The molecule has 4 heteroatoms. The summed E-state index contributed by atoms with van der Waals surface area (Å²) in [4.78, 5) is 0. The van der Waals surface area contributed by atoms with Crippen molar-refractivity contribution in [3.63, 3.8) is 0 Å². The zero-order chi connectivity index (χ0) is 6.83. The zero-order valence-corrected chi connectivity index (χ0v) is 10.2. The summed E-state index contributed by atoms with van der Waals surface area (Å²) in [6, 6.07) is 0. The van der Waals surface area contributed by atoms with Crippen molar-refractivity contribution in [1.29, 1.82) is 0 Å². The van der Waals surface area contributed by atoms with Crippen LogP contribution in [0.5, 0.6) is 0 Å². The van der Waals surface area contributed by atoms with Gasteiger partial charge in [-0.05, 0) is 13.0 Å². The Balaban J connectivity index is 0. The molecule has 2 N–H and O–H groups in total. The van der Waals surface area contributed by atoms with Gasteiger partial charge in [0, 0.05) is 0 Å². The Morgan fingerprint density at radius 2 is 1.88 bits per heavy atom. The summed E-state index contributed by atoms with van der Waals surface area (Å²) in [6.45, 7) is 2.98. The van der Waals surface area contributed by atoms with Crippen molar-refractivity contribution in [3.05, 3.63) is 0 Å². The van der Waals surface area contributed by atoms with E-state index in [1.54, 1.807) is 0 Å². The minimum absolute atomic E-state index is 0.215. The first-order valence-corrected chi connectivity index (χ1v) is 12.1. The third-order valence-corrected chi connectivity index (χ3v) is 0.558. The summed E-state index contributed by atoms with van der Waals surface area (Å²) < 4.78 is 0. The minimum Gasteiger partial charge on any atom is -0.330 e. The monoisotopic (exact) mass is 358 g/mol. The van der Waals surface area contributed by atoms with Crippen LogP contribution in [0.4, 0.5) is 0 Å². The molecular weight excluding hydrogens is 349 g/mol. The third-order valence-electron chi connectivity index (χ3n) is 0.558. The molecule has 0 radical (unpaired) electrons. The topological polar surface area (TPSA) is 26.0 Å². The second-order valence-electron chi connectivity index (χ2n) is 1.20. The van der Waals surface area contributed by atoms with Gasteiger partial charge < -0.3 is 5.73 Å². The van der Waals surface area contributed by atoms with Crippen molar-refractivity contribution in [2.45, 2.75) is 19.8 Å². The molecule has 0 fully saturated rings. The predicted octanol–water partition coefficient (Wildman–Crippen LogP) is -0.560. The summed E-state index contributed by atoms with van der Waals surface area (Å²) in [5, 5.41) is 0. The Hall–Kier alpha value is 1.65. The molecule has 8 heavy (non-hydrogen) atoms. The molecule has 0 aliphatic rings. The quantitative estimate of drug-likeness (QED) is 0.657. The molecule has 0 spiro atoms. The van der Waals surface area contributed by atoms with E-state index in [1.165, 1.54) is 12.8 Å². The molecule has 0 aromatic heterocycles. The first kappa shape index (κ1) is 12.3. The van der Waals surface area contributed by atoms with E-state index in [2.05, 4.69) is 32.3 Å². The Bertz CT molecular complexity index is 28.0. The summed E-state index contributed by atoms with van der Waals surface area (Å²) in [6.07, 6.45) is 2.39. The number of unbranched alkanes of at least 4 members (excludes halogenated alkanes) is 1. The standard InChI is InChI=1S/C4H11N.Br2I/c1-2-3-4-5;1-3-2/h2-5H2,1H3;/q;-1. The predicted molar refractivity (Wildman–Crippen MR) is 41.8 cm³/mol. The number of hydrogen-bond acceptors (Lipinski definition) is 1. The van der Waals surface area contributed by atoms with Crippen LogP contribution in [0.2, 0.25) is 0 Å². The van der Waals surface area contributed by atoms with Crippen LogP contribution in [0.25, 0.3) is 0 Å². The molecule has 0 bridgehead atoms. The normalized spacial score (nSPS) is 8.00. The van der Waals surface area contributed by atoms with Gasteiger partial charge in [-0.25, -0.2) is 0 Å². The Labute approximate surface area is 73.5 Å². The van der Waals surface area contributed by atoms with Crippen LogP contribution in [0, 0.1) is 0 Å².